The number of benzene rings is 1. The van der Waals surface area contributed by atoms with E-state index in [4.69, 9.17) is 4.74 Å². The lowest BCUT2D eigenvalue weighted by Crippen LogP contribution is -2.31. The van der Waals surface area contributed by atoms with Gasteiger partial charge in [-0.2, -0.15) is 0 Å². The second-order valence-corrected chi connectivity index (χ2v) is 7.07. The molecule has 0 aliphatic carbocycles. The molecule has 26 heavy (non-hydrogen) atoms. The SMILES string of the molecule is CSc1ncnc2c1ncn2[C@@H]1O[C@H](CCc2ccccc2)[C@@H](O)[C@H]1O. The summed E-state index contributed by atoms with van der Waals surface area (Å²) in [4.78, 5) is 12.8. The predicted molar refractivity (Wildman–Crippen MR) is 97.8 cm³/mol. The highest BCUT2D eigenvalue weighted by Gasteiger charge is 2.43. The molecule has 0 amide bonds. The van der Waals surface area contributed by atoms with E-state index in [9.17, 15) is 10.2 Å². The number of aryl methyl sites for hydroxylation is 1. The van der Waals surface area contributed by atoms with Crippen LogP contribution in [0.3, 0.4) is 0 Å². The van der Waals surface area contributed by atoms with E-state index in [2.05, 4.69) is 15.0 Å². The van der Waals surface area contributed by atoms with Crippen LogP contribution in [0, 0.1) is 0 Å². The highest BCUT2D eigenvalue weighted by molar-refractivity contribution is 7.98. The monoisotopic (exact) mass is 372 g/mol. The maximum Gasteiger partial charge on any atom is 0.166 e. The number of aromatic nitrogens is 4. The van der Waals surface area contributed by atoms with Gasteiger partial charge in [0.1, 0.15) is 29.1 Å². The summed E-state index contributed by atoms with van der Waals surface area (Å²) in [6.45, 7) is 0. The molecule has 1 fully saturated rings. The normalized spacial score (nSPS) is 25.8. The Morgan fingerprint density at radius 3 is 2.69 bits per heavy atom. The second kappa shape index (κ2) is 7.32. The third kappa shape index (κ3) is 3.09. The van der Waals surface area contributed by atoms with Gasteiger partial charge in [0.05, 0.1) is 12.4 Å². The van der Waals surface area contributed by atoms with Crippen LogP contribution in [-0.4, -0.2) is 54.3 Å². The first-order valence-electron chi connectivity index (χ1n) is 8.46. The number of ether oxygens (including phenoxy) is 1. The van der Waals surface area contributed by atoms with Gasteiger partial charge in [0.2, 0.25) is 0 Å². The summed E-state index contributed by atoms with van der Waals surface area (Å²) in [7, 11) is 0. The predicted octanol–water partition coefficient (Wildman–Crippen LogP) is 1.80. The van der Waals surface area contributed by atoms with Crippen molar-refractivity contribution in [1.29, 1.82) is 0 Å². The smallest absolute Gasteiger partial charge is 0.166 e. The van der Waals surface area contributed by atoms with Crippen LogP contribution in [0.2, 0.25) is 0 Å². The number of aliphatic hydroxyl groups excluding tert-OH is 2. The number of rotatable bonds is 5. The standard InChI is InChI=1S/C18H20N4O3S/c1-26-17-13-16(19-9-20-17)22(10-21-13)18-15(24)14(23)12(25-18)8-7-11-5-3-2-4-6-11/h2-6,9-10,12,14-15,18,23-24H,7-8H2,1H3/t12-,14-,15-,18-/m1/s1. The molecule has 7 nitrogen and oxygen atoms in total. The van der Waals surface area contributed by atoms with Gasteiger partial charge >= 0.3 is 0 Å². The Bertz CT molecular complexity index is 889. The van der Waals surface area contributed by atoms with Crippen molar-refractivity contribution in [3.8, 4) is 0 Å². The van der Waals surface area contributed by atoms with Gasteiger partial charge in [-0.25, -0.2) is 15.0 Å². The highest BCUT2D eigenvalue weighted by atomic mass is 32.2. The zero-order valence-electron chi connectivity index (χ0n) is 14.3. The third-order valence-electron chi connectivity index (χ3n) is 4.69. The Balaban J connectivity index is 1.55. The molecule has 1 aliphatic heterocycles. The zero-order valence-corrected chi connectivity index (χ0v) is 15.1. The molecule has 0 radical (unpaired) electrons. The number of imidazole rings is 1. The van der Waals surface area contributed by atoms with Gasteiger partial charge in [0, 0.05) is 0 Å². The van der Waals surface area contributed by atoms with Gasteiger partial charge in [0.15, 0.2) is 11.9 Å². The van der Waals surface area contributed by atoms with Crippen molar-refractivity contribution in [2.75, 3.05) is 6.26 Å². The fourth-order valence-corrected chi connectivity index (χ4v) is 3.81. The molecule has 1 aromatic carbocycles. The fourth-order valence-electron chi connectivity index (χ4n) is 3.32. The maximum atomic E-state index is 10.5. The molecule has 2 aromatic heterocycles. The Morgan fingerprint density at radius 2 is 1.92 bits per heavy atom. The average molecular weight is 372 g/mol. The zero-order chi connectivity index (χ0) is 18.1. The lowest BCUT2D eigenvalue weighted by Gasteiger charge is -2.16. The molecule has 1 saturated heterocycles. The number of hydrogen-bond acceptors (Lipinski definition) is 7. The molecule has 4 rings (SSSR count). The lowest BCUT2D eigenvalue weighted by atomic mass is 10.0. The van der Waals surface area contributed by atoms with E-state index >= 15 is 0 Å². The van der Waals surface area contributed by atoms with Crippen molar-refractivity contribution >= 4 is 22.9 Å². The van der Waals surface area contributed by atoms with Crippen LogP contribution in [0.15, 0.2) is 48.0 Å². The summed E-state index contributed by atoms with van der Waals surface area (Å²) >= 11 is 1.48. The largest absolute Gasteiger partial charge is 0.388 e. The van der Waals surface area contributed by atoms with Crippen molar-refractivity contribution < 1.29 is 14.9 Å². The van der Waals surface area contributed by atoms with E-state index in [1.165, 1.54) is 23.7 Å². The summed E-state index contributed by atoms with van der Waals surface area (Å²) in [6, 6.07) is 10.0. The summed E-state index contributed by atoms with van der Waals surface area (Å²) in [6.07, 6.45) is 3.20. The third-order valence-corrected chi connectivity index (χ3v) is 5.38. The Kier molecular flexibility index (Phi) is 4.90. The molecule has 3 aromatic rings. The average Bonchev–Trinajstić information content (AvgIpc) is 3.23. The Morgan fingerprint density at radius 1 is 1.12 bits per heavy atom. The minimum atomic E-state index is -1.04. The minimum absolute atomic E-state index is 0.450. The van der Waals surface area contributed by atoms with Gasteiger partial charge in [-0.05, 0) is 24.7 Å². The molecule has 8 heteroatoms. The molecule has 0 unspecified atom stereocenters. The maximum absolute atomic E-state index is 10.5. The molecule has 136 valence electrons. The molecule has 0 saturated carbocycles. The summed E-state index contributed by atoms with van der Waals surface area (Å²) in [5, 5.41) is 21.7. The van der Waals surface area contributed by atoms with Crippen LogP contribution in [0.1, 0.15) is 18.2 Å². The van der Waals surface area contributed by atoms with Crippen LogP contribution in [0.25, 0.3) is 11.2 Å². The molecular weight excluding hydrogens is 352 g/mol. The van der Waals surface area contributed by atoms with E-state index in [1.54, 1.807) is 10.9 Å². The summed E-state index contributed by atoms with van der Waals surface area (Å²) in [5.41, 5.74) is 2.43. The van der Waals surface area contributed by atoms with Crippen LogP contribution in [-0.2, 0) is 11.2 Å². The molecular formula is C18H20N4O3S. The number of hydrogen-bond donors (Lipinski definition) is 2. The molecule has 2 N–H and O–H groups in total. The van der Waals surface area contributed by atoms with Crippen molar-refractivity contribution in [2.24, 2.45) is 0 Å². The van der Waals surface area contributed by atoms with Gasteiger partial charge < -0.3 is 14.9 Å². The van der Waals surface area contributed by atoms with Gasteiger partial charge in [-0.3, -0.25) is 4.57 Å². The number of fused-ring (bicyclic) bond motifs is 1. The Labute approximate surface area is 155 Å². The first kappa shape index (κ1) is 17.4. The van der Waals surface area contributed by atoms with E-state index < -0.39 is 24.5 Å². The number of aliphatic hydroxyl groups is 2. The van der Waals surface area contributed by atoms with Gasteiger partial charge in [-0.15, -0.1) is 11.8 Å². The van der Waals surface area contributed by atoms with Gasteiger partial charge in [-0.1, -0.05) is 30.3 Å². The fraction of sp³-hybridized carbons (Fsp3) is 0.389. The van der Waals surface area contributed by atoms with Crippen molar-refractivity contribution in [2.45, 2.75) is 42.4 Å². The summed E-state index contributed by atoms with van der Waals surface area (Å²) < 4.78 is 7.66. The first-order valence-corrected chi connectivity index (χ1v) is 9.68. The van der Waals surface area contributed by atoms with E-state index in [1.807, 2.05) is 36.6 Å². The van der Waals surface area contributed by atoms with Crippen molar-refractivity contribution in [3.05, 3.63) is 48.5 Å². The molecule has 3 heterocycles. The second-order valence-electron chi connectivity index (χ2n) is 6.28. The summed E-state index contributed by atoms with van der Waals surface area (Å²) in [5.74, 6) is 0. The number of thioether (sulfide) groups is 1. The van der Waals surface area contributed by atoms with E-state index in [0.717, 1.165) is 11.4 Å². The topological polar surface area (TPSA) is 93.3 Å². The van der Waals surface area contributed by atoms with Crippen LogP contribution in [0.5, 0.6) is 0 Å². The van der Waals surface area contributed by atoms with Crippen LogP contribution < -0.4 is 0 Å². The van der Waals surface area contributed by atoms with Crippen LogP contribution in [0.4, 0.5) is 0 Å². The highest BCUT2D eigenvalue weighted by Crippen LogP contribution is 2.34. The van der Waals surface area contributed by atoms with E-state index in [-0.39, 0.29) is 0 Å². The Hall–Kier alpha value is -2.00. The molecule has 0 bridgehead atoms. The van der Waals surface area contributed by atoms with Gasteiger partial charge in [0.25, 0.3) is 0 Å². The molecule has 0 spiro atoms. The first-order chi connectivity index (χ1) is 12.7. The quantitative estimate of drug-likeness (QED) is 0.521. The number of nitrogens with zero attached hydrogens (tertiary/aromatic N) is 4. The van der Waals surface area contributed by atoms with Crippen molar-refractivity contribution in [1.82, 2.24) is 19.5 Å². The lowest BCUT2D eigenvalue weighted by molar-refractivity contribution is -0.0367. The van der Waals surface area contributed by atoms with Crippen molar-refractivity contribution in [3.63, 3.8) is 0 Å². The molecule has 1 aliphatic rings. The van der Waals surface area contributed by atoms with Crippen LogP contribution >= 0.6 is 11.8 Å². The van der Waals surface area contributed by atoms with E-state index in [0.29, 0.717) is 17.6 Å². The minimum Gasteiger partial charge on any atom is -0.388 e. The molecule has 4 atom stereocenters.